The molecular weight excluding hydrogens is 194 g/mol. The molecule has 0 radical (unpaired) electrons. The van der Waals surface area contributed by atoms with Crippen molar-refractivity contribution in [3.05, 3.63) is 28.5 Å². The fraction of sp³-hybridized carbons (Fsp3) is 0.286. The maximum absolute atomic E-state index is 5.11. The van der Waals surface area contributed by atoms with Gasteiger partial charge in [-0.2, -0.15) is 0 Å². The van der Waals surface area contributed by atoms with Gasteiger partial charge in [0.25, 0.3) is 0 Å². The summed E-state index contributed by atoms with van der Waals surface area (Å²) in [5.74, 6) is 0. The molecule has 2 rings (SSSR count). The number of pyridine rings is 1. The van der Waals surface area contributed by atoms with Gasteiger partial charge in [-0.3, -0.25) is 0 Å². The third kappa shape index (κ3) is 1.07. The summed E-state index contributed by atoms with van der Waals surface area (Å²) in [5, 5.41) is 0. The van der Waals surface area contributed by atoms with Gasteiger partial charge >= 0.3 is 0 Å². The van der Waals surface area contributed by atoms with Gasteiger partial charge in [-0.1, -0.05) is 6.07 Å². The van der Waals surface area contributed by atoms with Crippen LogP contribution in [0.1, 0.15) is 11.7 Å². The van der Waals surface area contributed by atoms with E-state index in [0.29, 0.717) is 6.10 Å². The SMILES string of the molecule is Brc1ncccc1[C@H]1CO1. The number of hydrogen-bond donors (Lipinski definition) is 0. The Morgan fingerprint density at radius 3 is 3.10 bits per heavy atom. The highest BCUT2D eigenvalue weighted by molar-refractivity contribution is 9.10. The third-order valence-electron chi connectivity index (χ3n) is 1.47. The molecule has 0 amide bonds. The Hall–Kier alpha value is -0.410. The fourth-order valence-electron chi connectivity index (χ4n) is 0.866. The highest BCUT2D eigenvalue weighted by Crippen LogP contribution is 2.33. The summed E-state index contributed by atoms with van der Waals surface area (Å²) >= 11 is 3.35. The van der Waals surface area contributed by atoms with Gasteiger partial charge in [-0.25, -0.2) is 4.98 Å². The van der Waals surface area contributed by atoms with E-state index in [4.69, 9.17) is 4.74 Å². The molecule has 2 nitrogen and oxygen atoms in total. The van der Waals surface area contributed by atoms with Gasteiger partial charge in [0.1, 0.15) is 10.7 Å². The topological polar surface area (TPSA) is 25.4 Å². The quantitative estimate of drug-likeness (QED) is 0.511. The summed E-state index contributed by atoms with van der Waals surface area (Å²) in [7, 11) is 0. The summed E-state index contributed by atoms with van der Waals surface area (Å²) in [4.78, 5) is 4.08. The van der Waals surface area contributed by atoms with E-state index < -0.39 is 0 Å². The summed E-state index contributed by atoms with van der Waals surface area (Å²) < 4.78 is 6.01. The normalized spacial score (nSPS) is 22.7. The van der Waals surface area contributed by atoms with Crippen molar-refractivity contribution in [1.82, 2.24) is 4.98 Å². The summed E-state index contributed by atoms with van der Waals surface area (Å²) in [5.41, 5.74) is 1.16. The van der Waals surface area contributed by atoms with Crippen LogP contribution in [0.3, 0.4) is 0 Å². The molecule has 1 aromatic heterocycles. The Bertz CT molecular complexity index is 247. The molecule has 1 atom stereocenters. The maximum atomic E-state index is 5.11. The molecule has 0 unspecified atom stereocenters. The number of ether oxygens (including phenoxy) is 1. The van der Waals surface area contributed by atoms with Crippen molar-refractivity contribution in [1.29, 1.82) is 0 Å². The molecule has 52 valence electrons. The van der Waals surface area contributed by atoms with Crippen molar-refractivity contribution in [3.63, 3.8) is 0 Å². The summed E-state index contributed by atoms with van der Waals surface area (Å²) in [6.07, 6.45) is 2.05. The van der Waals surface area contributed by atoms with Crippen LogP contribution in [0.2, 0.25) is 0 Å². The van der Waals surface area contributed by atoms with Gasteiger partial charge in [0.2, 0.25) is 0 Å². The molecule has 0 bridgehead atoms. The lowest BCUT2D eigenvalue weighted by Crippen LogP contribution is -1.84. The number of rotatable bonds is 1. The molecular formula is C7H6BrNO. The minimum atomic E-state index is 0.295. The molecule has 0 saturated carbocycles. The number of hydrogen-bond acceptors (Lipinski definition) is 2. The van der Waals surface area contributed by atoms with Crippen molar-refractivity contribution < 1.29 is 4.74 Å². The van der Waals surface area contributed by atoms with E-state index in [1.807, 2.05) is 12.1 Å². The molecule has 1 aromatic rings. The Labute approximate surface area is 67.4 Å². The largest absolute Gasteiger partial charge is 0.368 e. The number of halogens is 1. The predicted molar refractivity (Wildman–Crippen MR) is 40.6 cm³/mol. The van der Waals surface area contributed by atoms with Crippen LogP contribution < -0.4 is 0 Å². The summed E-state index contributed by atoms with van der Waals surface area (Å²) in [6, 6.07) is 3.94. The minimum absolute atomic E-state index is 0.295. The molecule has 1 fully saturated rings. The van der Waals surface area contributed by atoms with E-state index in [9.17, 15) is 0 Å². The molecule has 1 saturated heterocycles. The van der Waals surface area contributed by atoms with E-state index in [1.165, 1.54) is 0 Å². The number of epoxide rings is 1. The van der Waals surface area contributed by atoms with Crippen LogP contribution >= 0.6 is 15.9 Å². The first-order valence-electron chi connectivity index (χ1n) is 3.10. The van der Waals surface area contributed by atoms with Crippen molar-refractivity contribution >= 4 is 15.9 Å². The van der Waals surface area contributed by atoms with Crippen LogP contribution in [-0.2, 0) is 4.74 Å². The van der Waals surface area contributed by atoms with Gasteiger partial charge < -0.3 is 4.74 Å². The number of aromatic nitrogens is 1. The highest BCUT2D eigenvalue weighted by Gasteiger charge is 2.26. The molecule has 0 aliphatic carbocycles. The second-order valence-electron chi connectivity index (χ2n) is 2.21. The summed E-state index contributed by atoms with van der Waals surface area (Å²) in [6.45, 7) is 0.838. The molecule has 0 N–H and O–H groups in total. The van der Waals surface area contributed by atoms with E-state index >= 15 is 0 Å². The Kier molecular flexibility index (Phi) is 1.47. The average molecular weight is 200 g/mol. The van der Waals surface area contributed by atoms with Crippen molar-refractivity contribution in [2.24, 2.45) is 0 Å². The van der Waals surface area contributed by atoms with Gasteiger partial charge in [0, 0.05) is 11.8 Å². The van der Waals surface area contributed by atoms with Crippen molar-refractivity contribution in [2.45, 2.75) is 6.10 Å². The van der Waals surface area contributed by atoms with E-state index in [1.54, 1.807) is 6.20 Å². The fourth-order valence-corrected chi connectivity index (χ4v) is 1.37. The first kappa shape index (κ1) is 6.31. The number of nitrogens with zero attached hydrogens (tertiary/aromatic N) is 1. The van der Waals surface area contributed by atoms with Crippen LogP contribution in [-0.4, -0.2) is 11.6 Å². The third-order valence-corrected chi connectivity index (χ3v) is 2.13. The monoisotopic (exact) mass is 199 g/mol. The zero-order valence-electron chi connectivity index (χ0n) is 5.25. The first-order chi connectivity index (χ1) is 4.88. The molecule has 1 aliphatic rings. The molecule has 0 spiro atoms. The molecule has 1 aliphatic heterocycles. The second kappa shape index (κ2) is 2.32. The van der Waals surface area contributed by atoms with Gasteiger partial charge in [-0.05, 0) is 22.0 Å². The molecule has 2 heterocycles. The first-order valence-corrected chi connectivity index (χ1v) is 3.89. The van der Waals surface area contributed by atoms with E-state index in [-0.39, 0.29) is 0 Å². The maximum Gasteiger partial charge on any atom is 0.111 e. The van der Waals surface area contributed by atoms with Crippen LogP contribution in [0.5, 0.6) is 0 Å². The Balaban J connectivity index is 2.39. The highest BCUT2D eigenvalue weighted by atomic mass is 79.9. The zero-order chi connectivity index (χ0) is 6.97. The van der Waals surface area contributed by atoms with Crippen LogP contribution in [0.4, 0.5) is 0 Å². The lowest BCUT2D eigenvalue weighted by atomic mass is 10.2. The van der Waals surface area contributed by atoms with Crippen LogP contribution in [0.25, 0.3) is 0 Å². The lowest BCUT2D eigenvalue weighted by Gasteiger charge is -1.95. The molecule has 10 heavy (non-hydrogen) atoms. The zero-order valence-corrected chi connectivity index (χ0v) is 6.84. The Morgan fingerprint density at radius 2 is 2.50 bits per heavy atom. The lowest BCUT2D eigenvalue weighted by molar-refractivity contribution is 0.414. The van der Waals surface area contributed by atoms with E-state index in [0.717, 1.165) is 16.8 Å². The standard InChI is InChI=1S/C7H6BrNO/c8-7-5(6-4-10-6)2-1-3-9-7/h1-3,6H,4H2/t6-/m1/s1. The molecule has 3 heteroatoms. The van der Waals surface area contributed by atoms with Crippen LogP contribution in [0, 0.1) is 0 Å². The Morgan fingerprint density at radius 1 is 1.70 bits per heavy atom. The van der Waals surface area contributed by atoms with Gasteiger partial charge in [0.15, 0.2) is 0 Å². The van der Waals surface area contributed by atoms with Gasteiger partial charge in [0.05, 0.1) is 6.61 Å². The van der Waals surface area contributed by atoms with Crippen molar-refractivity contribution in [3.8, 4) is 0 Å². The average Bonchev–Trinajstić information content (AvgIpc) is 2.71. The second-order valence-corrected chi connectivity index (χ2v) is 2.96. The van der Waals surface area contributed by atoms with Gasteiger partial charge in [-0.15, -0.1) is 0 Å². The van der Waals surface area contributed by atoms with Crippen LogP contribution in [0.15, 0.2) is 22.9 Å². The minimum Gasteiger partial charge on any atom is -0.368 e. The smallest absolute Gasteiger partial charge is 0.111 e. The van der Waals surface area contributed by atoms with E-state index in [2.05, 4.69) is 20.9 Å². The predicted octanol–water partition coefficient (Wildman–Crippen LogP) is 1.92. The van der Waals surface area contributed by atoms with Crippen molar-refractivity contribution in [2.75, 3.05) is 6.61 Å². The molecule has 0 aromatic carbocycles.